The molecule has 2 rings (SSSR count). The fourth-order valence-corrected chi connectivity index (χ4v) is 2.50. The van der Waals surface area contributed by atoms with Gasteiger partial charge in [-0.25, -0.2) is 0 Å². The monoisotopic (exact) mass is 379 g/mol. The van der Waals surface area contributed by atoms with Crippen molar-refractivity contribution in [3.05, 3.63) is 65.7 Å². The van der Waals surface area contributed by atoms with E-state index in [9.17, 15) is 14.4 Å². The number of Topliss-reactive ketones (excluding diaryl/α,β-unsaturated/α-hetero) is 1. The Morgan fingerprint density at radius 3 is 2.04 bits per heavy atom. The van der Waals surface area contributed by atoms with Crippen LogP contribution in [0, 0.1) is 10.7 Å². The predicted octanol–water partition coefficient (Wildman–Crippen LogP) is 3.99. The number of nitrogens with one attached hydrogen (secondary N) is 2. The highest BCUT2D eigenvalue weighted by atomic mass is 32.2. The second-order valence-corrected chi connectivity index (χ2v) is 6.48. The summed E-state index contributed by atoms with van der Waals surface area (Å²) in [7, 11) is 0. The van der Waals surface area contributed by atoms with Gasteiger partial charge in [-0.05, 0) is 74.1 Å². The number of ketones is 1. The summed E-state index contributed by atoms with van der Waals surface area (Å²) in [6.07, 6.45) is 1.20. The van der Waals surface area contributed by atoms with Crippen LogP contribution in [0.2, 0.25) is 0 Å². The lowest BCUT2D eigenvalue weighted by atomic mass is 10.1. The third-order valence-electron chi connectivity index (χ3n) is 3.54. The SMILES string of the molecule is CC(=O)c1ccc(NC(=O)/C=C(/C)C(=O)Nc2ccc(SC#N)cc2)cc1. The van der Waals surface area contributed by atoms with E-state index in [1.807, 2.05) is 5.40 Å². The van der Waals surface area contributed by atoms with Crippen LogP contribution >= 0.6 is 11.8 Å². The Hall–Kier alpha value is -3.37. The van der Waals surface area contributed by atoms with Crippen LogP contribution in [0.25, 0.3) is 0 Å². The molecule has 2 aromatic carbocycles. The summed E-state index contributed by atoms with van der Waals surface area (Å²) in [5.74, 6) is -0.906. The van der Waals surface area contributed by atoms with Crippen molar-refractivity contribution in [3.63, 3.8) is 0 Å². The van der Waals surface area contributed by atoms with Crippen LogP contribution in [0.15, 0.2) is 65.1 Å². The summed E-state index contributed by atoms with van der Waals surface area (Å²) in [6, 6.07) is 13.3. The molecular formula is C20H17N3O3S. The second-order valence-electron chi connectivity index (χ2n) is 5.62. The van der Waals surface area contributed by atoms with Crippen LogP contribution in [-0.2, 0) is 9.59 Å². The van der Waals surface area contributed by atoms with Crippen molar-refractivity contribution < 1.29 is 14.4 Å². The highest BCUT2D eigenvalue weighted by molar-refractivity contribution is 8.03. The Morgan fingerprint density at radius 1 is 0.926 bits per heavy atom. The van der Waals surface area contributed by atoms with E-state index in [2.05, 4.69) is 10.6 Å². The zero-order valence-corrected chi connectivity index (χ0v) is 15.6. The van der Waals surface area contributed by atoms with Crippen molar-refractivity contribution >= 4 is 40.7 Å². The molecule has 0 bridgehead atoms. The summed E-state index contributed by atoms with van der Waals surface area (Å²) in [5, 5.41) is 15.9. The van der Waals surface area contributed by atoms with Gasteiger partial charge in [0.2, 0.25) is 5.91 Å². The van der Waals surface area contributed by atoms with Crippen LogP contribution < -0.4 is 10.6 Å². The zero-order valence-electron chi connectivity index (χ0n) is 14.8. The molecule has 0 radical (unpaired) electrons. The second kappa shape index (κ2) is 9.36. The molecule has 0 atom stereocenters. The Bertz CT molecular complexity index is 926. The van der Waals surface area contributed by atoms with E-state index in [0.717, 1.165) is 16.7 Å². The molecule has 0 aromatic heterocycles. The molecule has 2 aromatic rings. The number of nitriles is 1. The lowest BCUT2D eigenvalue weighted by molar-refractivity contribution is -0.114. The van der Waals surface area contributed by atoms with Gasteiger partial charge in [-0.1, -0.05) is 0 Å². The number of thiocyanates is 1. The number of carbonyl (C=O) groups is 3. The van der Waals surface area contributed by atoms with E-state index in [1.165, 1.54) is 19.9 Å². The molecule has 136 valence electrons. The van der Waals surface area contributed by atoms with Crippen molar-refractivity contribution in [1.29, 1.82) is 5.26 Å². The molecule has 0 heterocycles. The molecule has 0 saturated heterocycles. The topological polar surface area (TPSA) is 99.1 Å². The lowest BCUT2D eigenvalue weighted by Gasteiger charge is -2.07. The van der Waals surface area contributed by atoms with Gasteiger partial charge >= 0.3 is 0 Å². The maximum Gasteiger partial charge on any atom is 0.251 e. The predicted molar refractivity (Wildman–Crippen MR) is 105 cm³/mol. The molecular weight excluding hydrogens is 362 g/mol. The highest BCUT2D eigenvalue weighted by Gasteiger charge is 2.08. The standard InChI is InChI=1S/C20H17N3O3S/c1-13(20(26)23-17-7-9-18(10-8-17)27-12-21)11-19(25)22-16-5-3-15(4-6-16)14(2)24/h3-11H,1-2H3,(H,22,25)(H,23,26)/b13-11-. The molecule has 0 saturated carbocycles. The van der Waals surface area contributed by atoms with E-state index in [1.54, 1.807) is 48.5 Å². The molecule has 0 aliphatic carbocycles. The Balaban J connectivity index is 1.96. The number of thioether (sulfide) groups is 1. The van der Waals surface area contributed by atoms with Gasteiger partial charge in [-0.3, -0.25) is 14.4 Å². The van der Waals surface area contributed by atoms with E-state index in [4.69, 9.17) is 5.26 Å². The zero-order chi connectivity index (χ0) is 19.8. The molecule has 0 aliphatic heterocycles. The maximum atomic E-state index is 12.2. The molecule has 0 unspecified atom stereocenters. The number of carbonyl (C=O) groups excluding carboxylic acids is 3. The fraction of sp³-hybridized carbons (Fsp3) is 0.100. The van der Waals surface area contributed by atoms with Gasteiger partial charge in [0.25, 0.3) is 5.91 Å². The van der Waals surface area contributed by atoms with Crippen molar-refractivity contribution in [2.24, 2.45) is 0 Å². The minimum Gasteiger partial charge on any atom is -0.323 e. The molecule has 2 amide bonds. The van der Waals surface area contributed by atoms with E-state index >= 15 is 0 Å². The largest absolute Gasteiger partial charge is 0.323 e. The fourth-order valence-electron chi connectivity index (χ4n) is 2.12. The number of anilines is 2. The van der Waals surface area contributed by atoms with Gasteiger partial charge in [-0.15, -0.1) is 0 Å². The van der Waals surface area contributed by atoms with Crippen LogP contribution in [-0.4, -0.2) is 17.6 Å². The van der Waals surface area contributed by atoms with Crippen LogP contribution in [0.1, 0.15) is 24.2 Å². The number of rotatable bonds is 6. The Labute approximate surface area is 161 Å². The Morgan fingerprint density at radius 2 is 1.48 bits per heavy atom. The first kappa shape index (κ1) is 19.9. The molecule has 0 fully saturated rings. The normalized spacial score (nSPS) is 10.6. The maximum absolute atomic E-state index is 12.2. The van der Waals surface area contributed by atoms with Gasteiger partial charge in [-0.2, -0.15) is 5.26 Å². The van der Waals surface area contributed by atoms with Crippen LogP contribution in [0.5, 0.6) is 0 Å². The number of nitrogens with zero attached hydrogens (tertiary/aromatic N) is 1. The first-order valence-electron chi connectivity index (χ1n) is 7.96. The van der Waals surface area contributed by atoms with Gasteiger partial charge in [0.15, 0.2) is 5.78 Å². The summed E-state index contributed by atoms with van der Waals surface area (Å²) < 4.78 is 0. The van der Waals surface area contributed by atoms with E-state index in [-0.39, 0.29) is 11.4 Å². The number of hydrogen-bond donors (Lipinski definition) is 2. The summed E-state index contributed by atoms with van der Waals surface area (Å²) >= 11 is 1.03. The quantitative estimate of drug-likeness (QED) is 0.342. The number of amides is 2. The third-order valence-corrected chi connectivity index (χ3v) is 4.14. The molecule has 6 nitrogen and oxygen atoms in total. The van der Waals surface area contributed by atoms with Gasteiger partial charge in [0, 0.05) is 33.5 Å². The van der Waals surface area contributed by atoms with Crippen LogP contribution in [0.3, 0.4) is 0 Å². The van der Waals surface area contributed by atoms with Crippen molar-refractivity contribution in [2.45, 2.75) is 18.7 Å². The Kier molecular flexibility index (Phi) is 6.92. The summed E-state index contributed by atoms with van der Waals surface area (Å²) in [4.78, 5) is 36.2. The minimum absolute atomic E-state index is 0.0560. The average molecular weight is 379 g/mol. The molecule has 2 N–H and O–H groups in total. The average Bonchev–Trinajstić information content (AvgIpc) is 2.63. The molecule has 0 aliphatic rings. The summed E-state index contributed by atoms with van der Waals surface area (Å²) in [5.41, 5.74) is 1.89. The number of hydrogen-bond acceptors (Lipinski definition) is 5. The van der Waals surface area contributed by atoms with Gasteiger partial charge < -0.3 is 10.6 Å². The van der Waals surface area contributed by atoms with Gasteiger partial charge in [0.05, 0.1) is 0 Å². The first-order chi connectivity index (χ1) is 12.9. The number of benzene rings is 2. The van der Waals surface area contributed by atoms with Crippen molar-refractivity contribution in [3.8, 4) is 5.40 Å². The van der Waals surface area contributed by atoms with Crippen LogP contribution in [0.4, 0.5) is 11.4 Å². The van der Waals surface area contributed by atoms with E-state index in [0.29, 0.717) is 16.9 Å². The highest BCUT2D eigenvalue weighted by Crippen LogP contribution is 2.19. The van der Waals surface area contributed by atoms with Crippen molar-refractivity contribution in [2.75, 3.05) is 10.6 Å². The summed E-state index contributed by atoms with van der Waals surface area (Å²) in [6.45, 7) is 3.00. The lowest BCUT2D eigenvalue weighted by Crippen LogP contribution is -2.16. The first-order valence-corrected chi connectivity index (χ1v) is 8.78. The third kappa shape index (κ3) is 6.13. The minimum atomic E-state index is -0.445. The molecule has 0 spiro atoms. The van der Waals surface area contributed by atoms with E-state index < -0.39 is 11.8 Å². The smallest absolute Gasteiger partial charge is 0.251 e. The molecule has 7 heteroatoms. The van der Waals surface area contributed by atoms with Gasteiger partial charge in [0.1, 0.15) is 5.40 Å². The molecule has 27 heavy (non-hydrogen) atoms. The van der Waals surface area contributed by atoms with Crippen molar-refractivity contribution in [1.82, 2.24) is 0 Å².